The lowest BCUT2D eigenvalue weighted by molar-refractivity contribution is 0.0746. The molecule has 1 aliphatic heterocycles. The van der Waals surface area contributed by atoms with Crippen LogP contribution in [0.3, 0.4) is 0 Å². The Kier molecular flexibility index (Phi) is 4.34. The Morgan fingerprint density at radius 2 is 1.77 bits per heavy atom. The van der Waals surface area contributed by atoms with Gasteiger partial charge in [0.15, 0.2) is 0 Å². The van der Waals surface area contributed by atoms with Crippen molar-refractivity contribution in [2.75, 3.05) is 31.1 Å². The summed E-state index contributed by atoms with van der Waals surface area (Å²) in [5.74, 6) is 1.11. The lowest BCUT2D eigenvalue weighted by Crippen LogP contribution is -2.49. The largest absolute Gasteiger partial charge is 0.353 e. The van der Waals surface area contributed by atoms with Crippen LogP contribution in [0.2, 0.25) is 0 Å². The maximum Gasteiger partial charge on any atom is 0.255 e. The molecule has 0 bridgehead atoms. The Bertz CT molecular complexity index is 842. The van der Waals surface area contributed by atoms with Crippen molar-refractivity contribution in [3.8, 4) is 0 Å². The molecule has 26 heavy (non-hydrogen) atoms. The van der Waals surface area contributed by atoms with Crippen molar-refractivity contribution in [2.24, 2.45) is 0 Å². The first-order chi connectivity index (χ1) is 12.5. The summed E-state index contributed by atoms with van der Waals surface area (Å²) in [7, 11) is 0. The van der Waals surface area contributed by atoms with Gasteiger partial charge < -0.3 is 9.80 Å². The number of aromatic nitrogens is 2. The third-order valence-corrected chi connectivity index (χ3v) is 5.25. The summed E-state index contributed by atoms with van der Waals surface area (Å²) in [6.45, 7) is 6.48. The zero-order valence-electron chi connectivity index (χ0n) is 15.2. The maximum atomic E-state index is 13.3. The molecule has 0 unspecified atom stereocenters. The van der Waals surface area contributed by atoms with E-state index < -0.39 is 5.95 Å². The SMILES string of the molecule is Cc1cc(C(=O)N2CCN(c3ncc(C4CC4)cc3C)CC2)cnc1F. The minimum atomic E-state index is -0.525. The van der Waals surface area contributed by atoms with Crippen LogP contribution in [0, 0.1) is 19.8 Å². The van der Waals surface area contributed by atoms with Crippen molar-refractivity contribution in [3.63, 3.8) is 0 Å². The lowest BCUT2D eigenvalue weighted by atomic mass is 10.1. The van der Waals surface area contributed by atoms with Gasteiger partial charge in [-0.05, 0) is 49.8 Å². The summed E-state index contributed by atoms with van der Waals surface area (Å²) in [5.41, 5.74) is 3.39. The molecule has 1 amide bonds. The fourth-order valence-corrected chi connectivity index (χ4v) is 3.54. The molecular weight excluding hydrogens is 331 g/mol. The number of hydrogen-bond acceptors (Lipinski definition) is 4. The molecule has 0 N–H and O–H groups in total. The molecule has 1 saturated heterocycles. The molecule has 0 radical (unpaired) electrons. The van der Waals surface area contributed by atoms with Crippen LogP contribution < -0.4 is 4.90 Å². The number of piperazine rings is 1. The van der Waals surface area contributed by atoms with Crippen LogP contribution in [0.15, 0.2) is 24.5 Å². The van der Waals surface area contributed by atoms with Gasteiger partial charge in [-0.15, -0.1) is 0 Å². The number of nitrogens with zero attached hydrogens (tertiary/aromatic N) is 4. The number of aryl methyl sites for hydroxylation is 2. The molecule has 4 rings (SSSR count). The number of carbonyl (C=O) groups is 1. The number of halogens is 1. The number of anilines is 1. The van der Waals surface area contributed by atoms with Crippen molar-refractivity contribution in [2.45, 2.75) is 32.6 Å². The van der Waals surface area contributed by atoms with Crippen LogP contribution in [0.25, 0.3) is 0 Å². The Morgan fingerprint density at radius 1 is 1.04 bits per heavy atom. The second-order valence-corrected chi connectivity index (χ2v) is 7.29. The average molecular weight is 354 g/mol. The summed E-state index contributed by atoms with van der Waals surface area (Å²) in [6.07, 6.45) is 5.88. The quantitative estimate of drug-likeness (QED) is 0.795. The molecule has 1 aliphatic carbocycles. The van der Waals surface area contributed by atoms with Crippen LogP contribution in [0.1, 0.15) is 45.8 Å². The molecule has 2 aliphatic rings. The lowest BCUT2D eigenvalue weighted by Gasteiger charge is -2.36. The second-order valence-electron chi connectivity index (χ2n) is 7.29. The standard InChI is InChI=1S/C20H23FN4O/c1-13-9-17(12-22-18(13)21)20(26)25-7-5-24(6-8-25)19-14(2)10-16(11-23-19)15-3-4-15/h9-12,15H,3-8H2,1-2H3. The van der Waals surface area contributed by atoms with Gasteiger partial charge >= 0.3 is 0 Å². The maximum absolute atomic E-state index is 13.3. The van der Waals surface area contributed by atoms with E-state index in [0.717, 1.165) is 18.9 Å². The molecule has 0 atom stereocenters. The van der Waals surface area contributed by atoms with Gasteiger partial charge in [0.2, 0.25) is 5.95 Å². The third-order valence-electron chi connectivity index (χ3n) is 5.25. The molecule has 1 saturated carbocycles. The van der Waals surface area contributed by atoms with Crippen molar-refractivity contribution in [3.05, 3.63) is 52.7 Å². The highest BCUT2D eigenvalue weighted by molar-refractivity contribution is 5.94. The van der Waals surface area contributed by atoms with E-state index in [0.29, 0.717) is 30.1 Å². The highest BCUT2D eigenvalue weighted by Gasteiger charge is 2.27. The number of carbonyl (C=O) groups excluding carboxylic acids is 1. The Morgan fingerprint density at radius 3 is 2.38 bits per heavy atom. The molecule has 6 heteroatoms. The first-order valence-corrected chi connectivity index (χ1v) is 9.16. The second kappa shape index (κ2) is 6.67. The van der Waals surface area contributed by atoms with Gasteiger partial charge in [-0.25, -0.2) is 9.97 Å². The highest BCUT2D eigenvalue weighted by atomic mass is 19.1. The van der Waals surface area contributed by atoms with E-state index in [9.17, 15) is 9.18 Å². The summed E-state index contributed by atoms with van der Waals surface area (Å²) < 4.78 is 13.3. The van der Waals surface area contributed by atoms with E-state index >= 15 is 0 Å². The van der Waals surface area contributed by atoms with Crippen LogP contribution in [0.5, 0.6) is 0 Å². The molecule has 0 spiro atoms. The zero-order chi connectivity index (χ0) is 18.3. The van der Waals surface area contributed by atoms with Crippen LogP contribution in [-0.2, 0) is 0 Å². The normalized spacial score (nSPS) is 17.5. The number of rotatable bonds is 3. The highest BCUT2D eigenvalue weighted by Crippen LogP contribution is 2.40. The minimum absolute atomic E-state index is 0.0889. The number of hydrogen-bond donors (Lipinski definition) is 0. The molecular formula is C20H23FN4O. The fraction of sp³-hybridized carbons (Fsp3) is 0.450. The van der Waals surface area contributed by atoms with E-state index in [1.165, 1.54) is 30.2 Å². The van der Waals surface area contributed by atoms with Crippen molar-refractivity contribution >= 4 is 11.7 Å². The summed E-state index contributed by atoms with van der Waals surface area (Å²) in [4.78, 5) is 25.0. The van der Waals surface area contributed by atoms with Crippen molar-refractivity contribution < 1.29 is 9.18 Å². The molecule has 5 nitrogen and oxygen atoms in total. The first kappa shape index (κ1) is 16.9. The molecule has 2 aromatic rings. The summed E-state index contributed by atoms with van der Waals surface area (Å²) in [6, 6.07) is 3.82. The first-order valence-electron chi connectivity index (χ1n) is 9.16. The molecule has 0 aromatic carbocycles. The van der Waals surface area contributed by atoms with Gasteiger partial charge in [-0.2, -0.15) is 4.39 Å². The summed E-state index contributed by atoms with van der Waals surface area (Å²) in [5, 5.41) is 0. The molecule has 3 heterocycles. The minimum Gasteiger partial charge on any atom is -0.353 e. The van der Waals surface area contributed by atoms with E-state index in [4.69, 9.17) is 0 Å². The smallest absolute Gasteiger partial charge is 0.255 e. The third kappa shape index (κ3) is 3.28. The number of amides is 1. The fourth-order valence-electron chi connectivity index (χ4n) is 3.54. The average Bonchev–Trinajstić information content (AvgIpc) is 3.49. The Labute approximate surface area is 152 Å². The van der Waals surface area contributed by atoms with E-state index in [1.807, 2.05) is 6.20 Å². The Balaban J connectivity index is 1.42. The van der Waals surface area contributed by atoms with Gasteiger partial charge in [-0.3, -0.25) is 4.79 Å². The molecule has 2 fully saturated rings. The van der Waals surface area contributed by atoms with Gasteiger partial charge in [0.25, 0.3) is 5.91 Å². The monoisotopic (exact) mass is 354 g/mol. The van der Waals surface area contributed by atoms with Crippen LogP contribution in [0.4, 0.5) is 10.2 Å². The molecule has 2 aromatic heterocycles. The van der Waals surface area contributed by atoms with E-state index in [-0.39, 0.29) is 5.91 Å². The zero-order valence-corrected chi connectivity index (χ0v) is 15.2. The van der Waals surface area contributed by atoms with Gasteiger partial charge in [0.1, 0.15) is 5.82 Å². The van der Waals surface area contributed by atoms with E-state index in [2.05, 4.69) is 27.9 Å². The molecule has 136 valence electrons. The Hall–Kier alpha value is -2.50. The van der Waals surface area contributed by atoms with Crippen molar-refractivity contribution in [1.29, 1.82) is 0 Å². The van der Waals surface area contributed by atoms with E-state index in [1.54, 1.807) is 17.9 Å². The van der Waals surface area contributed by atoms with Gasteiger partial charge in [0, 0.05) is 44.1 Å². The predicted molar refractivity (Wildman–Crippen MR) is 98.0 cm³/mol. The predicted octanol–water partition coefficient (Wildman–Crippen LogP) is 3.07. The topological polar surface area (TPSA) is 49.3 Å². The van der Waals surface area contributed by atoms with Crippen molar-refractivity contribution in [1.82, 2.24) is 14.9 Å². The summed E-state index contributed by atoms with van der Waals surface area (Å²) >= 11 is 0. The number of pyridine rings is 2. The van der Waals surface area contributed by atoms with Crippen LogP contribution >= 0.6 is 0 Å². The van der Waals surface area contributed by atoms with Gasteiger partial charge in [-0.1, -0.05) is 6.07 Å². The van der Waals surface area contributed by atoms with Gasteiger partial charge in [0.05, 0.1) is 5.56 Å². The van der Waals surface area contributed by atoms with Crippen LogP contribution in [-0.4, -0.2) is 47.0 Å².